The van der Waals surface area contributed by atoms with E-state index in [9.17, 15) is 9.59 Å². The standard InChI is InChI=1S/C16H10BrNO2/c17-13-14(18-10-6-2-1-3-7-10)16(20)12-9-5-4-8-11(12)15(13)19/h1-9,18H. The van der Waals surface area contributed by atoms with E-state index in [2.05, 4.69) is 21.2 Å². The van der Waals surface area contributed by atoms with Gasteiger partial charge in [-0.2, -0.15) is 0 Å². The van der Waals surface area contributed by atoms with Crippen LogP contribution in [0.25, 0.3) is 0 Å². The number of allylic oxidation sites excluding steroid dienone is 2. The number of Topliss-reactive ketones (excluding diaryl/α,β-unsaturated/α-hetero) is 2. The van der Waals surface area contributed by atoms with Crippen molar-refractivity contribution in [3.63, 3.8) is 0 Å². The Kier molecular flexibility index (Phi) is 3.24. The number of fused-ring (bicyclic) bond motifs is 1. The van der Waals surface area contributed by atoms with Gasteiger partial charge in [0.25, 0.3) is 0 Å². The average Bonchev–Trinajstić information content (AvgIpc) is 2.50. The highest BCUT2D eigenvalue weighted by atomic mass is 79.9. The molecule has 0 amide bonds. The van der Waals surface area contributed by atoms with Crippen molar-refractivity contribution < 1.29 is 9.59 Å². The Hall–Kier alpha value is -2.20. The third kappa shape index (κ3) is 2.08. The summed E-state index contributed by atoms with van der Waals surface area (Å²) < 4.78 is 0.269. The molecule has 2 aromatic rings. The van der Waals surface area contributed by atoms with E-state index in [0.717, 1.165) is 5.69 Å². The number of hydrogen-bond donors (Lipinski definition) is 1. The topological polar surface area (TPSA) is 46.2 Å². The molecule has 20 heavy (non-hydrogen) atoms. The minimum Gasteiger partial charge on any atom is -0.351 e. The maximum absolute atomic E-state index is 12.5. The van der Waals surface area contributed by atoms with Crippen molar-refractivity contribution in [1.82, 2.24) is 0 Å². The first-order chi connectivity index (χ1) is 9.68. The molecule has 2 aromatic carbocycles. The molecule has 0 spiro atoms. The number of benzene rings is 2. The Morgan fingerprint density at radius 3 is 1.95 bits per heavy atom. The number of hydrogen-bond acceptors (Lipinski definition) is 3. The lowest BCUT2D eigenvalue weighted by molar-refractivity contribution is 0.0983. The van der Waals surface area contributed by atoms with E-state index in [1.165, 1.54) is 0 Å². The highest BCUT2D eigenvalue weighted by molar-refractivity contribution is 9.12. The highest BCUT2D eigenvalue weighted by Crippen LogP contribution is 2.30. The maximum atomic E-state index is 12.5. The molecule has 0 bridgehead atoms. The second kappa shape index (κ2) is 5.06. The Morgan fingerprint density at radius 2 is 1.30 bits per heavy atom. The van der Waals surface area contributed by atoms with Gasteiger partial charge in [0.2, 0.25) is 11.6 Å². The first-order valence-electron chi connectivity index (χ1n) is 6.09. The van der Waals surface area contributed by atoms with Gasteiger partial charge < -0.3 is 5.32 Å². The van der Waals surface area contributed by atoms with Crippen LogP contribution in [0.3, 0.4) is 0 Å². The van der Waals surface area contributed by atoms with E-state index >= 15 is 0 Å². The van der Waals surface area contributed by atoms with Crippen LogP contribution in [0.2, 0.25) is 0 Å². The number of carbonyl (C=O) groups is 2. The Bertz CT molecular complexity index is 735. The lowest BCUT2D eigenvalue weighted by Gasteiger charge is -2.19. The molecule has 0 saturated heterocycles. The number of para-hydroxylation sites is 1. The van der Waals surface area contributed by atoms with Crippen molar-refractivity contribution in [3.05, 3.63) is 75.9 Å². The van der Waals surface area contributed by atoms with Gasteiger partial charge in [0.15, 0.2) is 0 Å². The van der Waals surface area contributed by atoms with Crippen molar-refractivity contribution in [2.45, 2.75) is 0 Å². The summed E-state index contributed by atoms with van der Waals surface area (Å²) in [7, 11) is 0. The molecule has 1 N–H and O–H groups in total. The number of halogens is 1. The van der Waals surface area contributed by atoms with Crippen LogP contribution in [-0.4, -0.2) is 11.6 Å². The summed E-state index contributed by atoms with van der Waals surface area (Å²) in [4.78, 5) is 24.7. The first-order valence-corrected chi connectivity index (χ1v) is 6.88. The number of rotatable bonds is 2. The summed E-state index contributed by atoms with van der Waals surface area (Å²) in [5, 5.41) is 3.01. The fourth-order valence-corrected chi connectivity index (χ4v) is 2.62. The Balaban J connectivity index is 2.06. The third-order valence-corrected chi connectivity index (χ3v) is 3.86. The molecule has 3 rings (SSSR count). The zero-order valence-electron chi connectivity index (χ0n) is 10.4. The fraction of sp³-hybridized carbons (Fsp3) is 0. The number of anilines is 1. The van der Waals surface area contributed by atoms with Gasteiger partial charge in [-0.15, -0.1) is 0 Å². The second-order valence-corrected chi connectivity index (χ2v) is 5.18. The van der Waals surface area contributed by atoms with Gasteiger partial charge in [0, 0.05) is 16.8 Å². The normalized spacial score (nSPS) is 14.2. The van der Waals surface area contributed by atoms with E-state index in [-0.39, 0.29) is 21.7 Å². The van der Waals surface area contributed by atoms with Gasteiger partial charge in [-0.3, -0.25) is 9.59 Å². The molecule has 0 atom stereocenters. The minimum absolute atomic E-state index is 0.182. The van der Waals surface area contributed by atoms with Crippen LogP contribution in [0.1, 0.15) is 20.7 Å². The zero-order chi connectivity index (χ0) is 14.1. The monoisotopic (exact) mass is 327 g/mol. The van der Waals surface area contributed by atoms with Crippen LogP contribution >= 0.6 is 15.9 Å². The van der Waals surface area contributed by atoms with Gasteiger partial charge in [-0.05, 0) is 28.1 Å². The summed E-state index contributed by atoms with van der Waals surface area (Å²) in [6.45, 7) is 0. The van der Waals surface area contributed by atoms with E-state index < -0.39 is 0 Å². The molecule has 1 aliphatic rings. The second-order valence-electron chi connectivity index (χ2n) is 4.38. The van der Waals surface area contributed by atoms with Gasteiger partial charge in [-0.25, -0.2) is 0 Å². The van der Waals surface area contributed by atoms with Crippen LogP contribution in [0.4, 0.5) is 5.69 Å². The predicted octanol–water partition coefficient (Wildman–Crippen LogP) is 3.78. The van der Waals surface area contributed by atoms with E-state index in [1.807, 2.05) is 30.3 Å². The largest absolute Gasteiger partial charge is 0.351 e. The van der Waals surface area contributed by atoms with Gasteiger partial charge in [-0.1, -0.05) is 42.5 Å². The molecule has 0 heterocycles. The van der Waals surface area contributed by atoms with Crippen molar-refractivity contribution in [2.24, 2.45) is 0 Å². The minimum atomic E-state index is -0.184. The summed E-state index contributed by atoms with van der Waals surface area (Å²) in [5.41, 5.74) is 1.90. The quantitative estimate of drug-likeness (QED) is 0.912. The SMILES string of the molecule is O=C1C(Br)=C(Nc2ccccc2)C(=O)c2ccccc21. The molecule has 0 fully saturated rings. The highest BCUT2D eigenvalue weighted by Gasteiger charge is 2.30. The molecule has 0 saturated carbocycles. The van der Waals surface area contributed by atoms with E-state index in [1.54, 1.807) is 24.3 Å². The molecule has 98 valence electrons. The summed E-state index contributed by atoms with van der Waals surface area (Å²) in [6.07, 6.45) is 0. The molecule has 0 radical (unpaired) electrons. The van der Waals surface area contributed by atoms with Crippen molar-refractivity contribution in [2.75, 3.05) is 5.32 Å². The molecule has 4 heteroatoms. The van der Waals surface area contributed by atoms with Crippen molar-refractivity contribution >= 4 is 33.2 Å². The summed E-state index contributed by atoms with van der Waals surface area (Å²) in [5.74, 6) is -0.366. The van der Waals surface area contributed by atoms with Crippen LogP contribution in [-0.2, 0) is 0 Å². The molecular formula is C16H10BrNO2. The lowest BCUT2D eigenvalue weighted by Crippen LogP contribution is -2.24. The first kappa shape index (κ1) is 12.8. The predicted molar refractivity (Wildman–Crippen MR) is 81.1 cm³/mol. The molecule has 1 aliphatic carbocycles. The van der Waals surface area contributed by atoms with E-state index in [0.29, 0.717) is 11.1 Å². The zero-order valence-corrected chi connectivity index (χ0v) is 12.0. The fourth-order valence-electron chi connectivity index (χ4n) is 2.12. The lowest BCUT2D eigenvalue weighted by atomic mass is 9.92. The number of nitrogens with one attached hydrogen (secondary N) is 1. The van der Waals surface area contributed by atoms with Crippen LogP contribution < -0.4 is 5.32 Å². The maximum Gasteiger partial charge on any atom is 0.211 e. The molecule has 0 aliphatic heterocycles. The average molecular weight is 328 g/mol. The summed E-state index contributed by atoms with van der Waals surface area (Å²) >= 11 is 3.23. The molecule has 0 unspecified atom stereocenters. The van der Waals surface area contributed by atoms with Gasteiger partial charge >= 0.3 is 0 Å². The smallest absolute Gasteiger partial charge is 0.211 e. The Morgan fingerprint density at radius 1 is 0.750 bits per heavy atom. The molecule has 0 aromatic heterocycles. The van der Waals surface area contributed by atoms with Crippen LogP contribution in [0, 0.1) is 0 Å². The van der Waals surface area contributed by atoms with Crippen molar-refractivity contribution in [3.8, 4) is 0 Å². The van der Waals surface area contributed by atoms with Crippen LogP contribution in [0.15, 0.2) is 64.8 Å². The van der Waals surface area contributed by atoms with Gasteiger partial charge in [0.05, 0.1) is 4.48 Å². The van der Waals surface area contributed by atoms with Gasteiger partial charge in [0.1, 0.15) is 5.70 Å². The molecule has 3 nitrogen and oxygen atoms in total. The molecular weight excluding hydrogens is 318 g/mol. The number of ketones is 2. The van der Waals surface area contributed by atoms with E-state index in [4.69, 9.17) is 0 Å². The third-order valence-electron chi connectivity index (χ3n) is 3.11. The summed E-state index contributed by atoms with van der Waals surface area (Å²) in [6, 6.07) is 16.1. The van der Waals surface area contributed by atoms with Crippen molar-refractivity contribution in [1.29, 1.82) is 0 Å². The van der Waals surface area contributed by atoms with Crippen LogP contribution in [0.5, 0.6) is 0 Å². The Labute approximate surface area is 124 Å². The number of carbonyl (C=O) groups excluding carboxylic acids is 2.